The highest BCUT2D eigenvalue weighted by atomic mass is 35.5. The third kappa shape index (κ3) is 5.00. The van der Waals surface area contributed by atoms with Gasteiger partial charge in [0.05, 0.1) is 21.7 Å². The van der Waals surface area contributed by atoms with Crippen LogP contribution in [0.15, 0.2) is 53.4 Å². The summed E-state index contributed by atoms with van der Waals surface area (Å²) in [7, 11) is -3.68. The molecule has 4 rings (SSSR count). The van der Waals surface area contributed by atoms with E-state index in [1.54, 1.807) is 31.2 Å². The number of sulfonamides is 1. The number of hydrazine groups is 1. The van der Waals surface area contributed by atoms with Crippen molar-refractivity contribution in [2.45, 2.75) is 31.1 Å². The standard InChI is InChI=1S/C23H23ClN4O4S/c1-15-20(14-17-12-18(24)8-9-21(17)25-15)23(30)27-26-22(29)16-6-5-7-19(13-16)33(31,32)28-10-3-2-4-11-28/h5-9,12-14H,2-4,10-11H2,1H3,(H,26,29)(H,27,30). The molecular weight excluding hydrogens is 464 g/mol. The van der Waals surface area contributed by atoms with E-state index in [0.717, 1.165) is 19.3 Å². The molecule has 0 unspecified atom stereocenters. The van der Waals surface area contributed by atoms with Crippen molar-refractivity contribution >= 4 is 44.3 Å². The molecule has 1 aromatic heterocycles. The van der Waals surface area contributed by atoms with E-state index in [4.69, 9.17) is 11.6 Å². The minimum atomic E-state index is -3.68. The van der Waals surface area contributed by atoms with Gasteiger partial charge in [0.2, 0.25) is 10.0 Å². The monoisotopic (exact) mass is 486 g/mol. The molecule has 2 N–H and O–H groups in total. The number of aryl methyl sites for hydroxylation is 1. The molecule has 0 atom stereocenters. The second kappa shape index (κ2) is 9.46. The molecule has 1 aliphatic heterocycles. The van der Waals surface area contributed by atoms with E-state index in [9.17, 15) is 18.0 Å². The minimum absolute atomic E-state index is 0.0508. The molecular formula is C23H23ClN4O4S. The van der Waals surface area contributed by atoms with Crippen molar-refractivity contribution in [1.29, 1.82) is 0 Å². The number of piperidine rings is 1. The Bertz CT molecular complexity index is 1340. The quantitative estimate of drug-likeness (QED) is 0.549. The van der Waals surface area contributed by atoms with Gasteiger partial charge in [0.15, 0.2) is 0 Å². The van der Waals surface area contributed by atoms with Gasteiger partial charge in [-0.2, -0.15) is 4.31 Å². The molecule has 10 heteroatoms. The average Bonchev–Trinajstić information content (AvgIpc) is 2.82. The highest BCUT2D eigenvalue weighted by molar-refractivity contribution is 7.89. The number of carbonyl (C=O) groups excluding carboxylic acids is 2. The zero-order valence-electron chi connectivity index (χ0n) is 18.0. The predicted octanol–water partition coefficient (Wildman–Crippen LogP) is 3.45. The second-order valence-electron chi connectivity index (χ2n) is 7.86. The maximum atomic E-state index is 12.9. The lowest BCUT2D eigenvalue weighted by atomic mass is 10.1. The Morgan fingerprint density at radius 3 is 2.45 bits per heavy atom. The van der Waals surface area contributed by atoms with Crippen molar-refractivity contribution in [2.24, 2.45) is 0 Å². The Hall–Kier alpha value is -3.01. The first kappa shape index (κ1) is 23.2. The number of pyridine rings is 1. The third-order valence-corrected chi connectivity index (χ3v) is 7.68. The van der Waals surface area contributed by atoms with Crippen molar-refractivity contribution in [1.82, 2.24) is 20.1 Å². The number of amides is 2. The van der Waals surface area contributed by atoms with Gasteiger partial charge in [-0.3, -0.25) is 25.4 Å². The Morgan fingerprint density at radius 1 is 0.970 bits per heavy atom. The van der Waals surface area contributed by atoms with E-state index < -0.39 is 21.8 Å². The zero-order valence-corrected chi connectivity index (χ0v) is 19.5. The van der Waals surface area contributed by atoms with Crippen molar-refractivity contribution in [3.63, 3.8) is 0 Å². The summed E-state index contributed by atoms with van der Waals surface area (Å²) >= 11 is 6.02. The molecule has 2 aromatic carbocycles. The Morgan fingerprint density at radius 2 is 1.70 bits per heavy atom. The first-order valence-corrected chi connectivity index (χ1v) is 12.4. The molecule has 1 aliphatic rings. The van der Waals surface area contributed by atoms with Crippen LogP contribution in [0.2, 0.25) is 5.02 Å². The highest BCUT2D eigenvalue weighted by Crippen LogP contribution is 2.22. The average molecular weight is 487 g/mol. The van der Waals surface area contributed by atoms with E-state index in [2.05, 4.69) is 15.8 Å². The molecule has 3 aromatic rings. The molecule has 0 spiro atoms. The van der Waals surface area contributed by atoms with Crippen LogP contribution in [-0.4, -0.2) is 42.6 Å². The molecule has 1 saturated heterocycles. The lowest BCUT2D eigenvalue weighted by Crippen LogP contribution is -2.42. The highest BCUT2D eigenvalue weighted by Gasteiger charge is 2.26. The predicted molar refractivity (Wildman–Crippen MR) is 125 cm³/mol. The molecule has 2 amide bonds. The van der Waals surface area contributed by atoms with Crippen LogP contribution in [-0.2, 0) is 10.0 Å². The van der Waals surface area contributed by atoms with Gasteiger partial charge in [0.25, 0.3) is 11.8 Å². The Kier molecular flexibility index (Phi) is 6.64. The summed E-state index contributed by atoms with van der Waals surface area (Å²) in [5.74, 6) is -1.18. The van der Waals surface area contributed by atoms with Gasteiger partial charge in [0, 0.05) is 29.1 Å². The van der Waals surface area contributed by atoms with Crippen molar-refractivity contribution < 1.29 is 18.0 Å². The molecule has 0 bridgehead atoms. The van der Waals surface area contributed by atoms with Gasteiger partial charge in [-0.05, 0) is 62.2 Å². The van der Waals surface area contributed by atoms with Gasteiger partial charge in [0.1, 0.15) is 0 Å². The fraction of sp³-hybridized carbons (Fsp3) is 0.261. The van der Waals surface area contributed by atoms with Crippen LogP contribution in [0.1, 0.15) is 45.7 Å². The second-order valence-corrected chi connectivity index (χ2v) is 10.2. The van der Waals surface area contributed by atoms with E-state index in [-0.39, 0.29) is 16.0 Å². The fourth-order valence-electron chi connectivity index (χ4n) is 3.78. The van der Waals surface area contributed by atoms with Crippen LogP contribution in [0.3, 0.4) is 0 Å². The molecule has 0 radical (unpaired) electrons. The first-order valence-electron chi connectivity index (χ1n) is 10.5. The summed E-state index contributed by atoms with van der Waals surface area (Å²) < 4.78 is 27.2. The van der Waals surface area contributed by atoms with Gasteiger partial charge < -0.3 is 0 Å². The van der Waals surface area contributed by atoms with Crippen molar-refractivity contribution in [2.75, 3.05) is 13.1 Å². The van der Waals surface area contributed by atoms with Crippen LogP contribution >= 0.6 is 11.6 Å². The van der Waals surface area contributed by atoms with E-state index in [0.29, 0.717) is 34.7 Å². The van der Waals surface area contributed by atoms with Crippen molar-refractivity contribution in [3.05, 3.63) is 70.4 Å². The number of hydrogen-bond donors (Lipinski definition) is 2. The number of nitrogens with zero attached hydrogens (tertiary/aromatic N) is 2. The summed E-state index contributed by atoms with van der Waals surface area (Å²) in [5, 5.41) is 1.22. The number of nitrogens with one attached hydrogen (secondary N) is 2. The third-order valence-electron chi connectivity index (χ3n) is 5.55. The van der Waals surface area contributed by atoms with Crippen LogP contribution in [0.4, 0.5) is 0 Å². The van der Waals surface area contributed by atoms with Crippen LogP contribution in [0.25, 0.3) is 10.9 Å². The molecule has 33 heavy (non-hydrogen) atoms. The summed E-state index contributed by atoms with van der Waals surface area (Å²) in [4.78, 5) is 29.7. The molecule has 0 saturated carbocycles. The number of hydrogen-bond acceptors (Lipinski definition) is 5. The number of rotatable bonds is 4. The normalized spacial score (nSPS) is 14.7. The van der Waals surface area contributed by atoms with Gasteiger partial charge in [-0.15, -0.1) is 0 Å². The Balaban J connectivity index is 1.48. The lowest BCUT2D eigenvalue weighted by molar-refractivity contribution is 0.0846. The summed E-state index contributed by atoms with van der Waals surface area (Å²) in [6.07, 6.45) is 2.65. The van der Waals surface area contributed by atoms with E-state index in [1.807, 2.05) is 0 Å². The summed E-state index contributed by atoms with van der Waals surface area (Å²) in [5.41, 5.74) is 6.30. The fourth-order valence-corrected chi connectivity index (χ4v) is 5.52. The number of halogens is 1. The summed E-state index contributed by atoms with van der Waals surface area (Å²) in [6.45, 7) is 2.64. The largest absolute Gasteiger partial charge is 0.271 e. The Labute approximate surface area is 197 Å². The molecule has 0 aliphatic carbocycles. The smallest absolute Gasteiger partial charge is 0.267 e. The SMILES string of the molecule is Cc1nc2ccc(Cl)cc2cc1C(=O)NNC(=O)c1cccc(S(=O)(=O)N2CCCCC2)c1. The van der Waals surface area contributed by atoms with Crippen LogP contribution < -0.4 is 10.9 Å². The summed E-state index contributed by atoms with van der Waals surface area (Å²) in [6, 6.07) is 12.6. The van der Waals surface area contributed by atoms with Crippen LogP contribution in [0, 0.1) is 6.92 Å². The molecule has 172 valence electrons. The molecule has 8 nitrogen and oxygen atoms in total. The maximum Gasteiger partial charge on any atom is 0.271 e. The van der Waals surface area contributed by atoms with Crippen molar-refractivity contribution in [3.8, 4) is 0 Å². The van der Waals surface area contributed by atoms with Gasteiger partial charge >= 0.3 is 0 Å². The number of carbonyl (C=O) groups is 2. The van der Waals surface area contributed by atoms with Crippen LogP contribution in [0.5, 0.6) is 0 Å². The topological polar surface area (TPSA) is 108 Å². The van der Waals surface area contributed by atoms with E-state index in [1.165, 1.54) is 28.6 Å². The number of aromatic nitrogens is 1. The number of fused-ring (bicyclic) bond motifs is 1. The zero-order chi connectivity index (χ0) is 23.6. The van der Waals surface area contributed by atoms with Gasteiger partial charge in [-0.25, -0.2) is 8.42 Å². The first-order chi connectivity index (χ1) is 15.8. The lowest BCUT2D eigenvalue weighted by Gasteiger charge is -2.26. The van der Waals surface area contributed by atoms with Gasteiger partial charge in [-0.1, -0.05) is 24.1 Å². The number of benzene rings is 2. The molecule has 2 heterocycles. The van der Waals surface area contributed by atoms with E-state index >= 15 is 0 Å². The molecule has 1 fully saturated rings. The minimum Gasteiger partial charge on any atom is -0.267 e. The maximum absolute atomic E-state index is 12.9.